The van der Waals surface area contributed by atoms with Crippen LogP contribution in [0.4, 0.5) is 0 Å². The van der Waals surface area contributed by atoms with E-state index in [1.165, 1.54) is 83.5 Å². The first-order valence-corrected chi connectivity index (χ1v) is 20.5. The summed E-state index contributed by atoms with van der Waals surface area (Å²) in [5.74, 6) is 6.77. The van der Waals surface area contributed by atoms with Crippen molar-refractivity contribution in [3.8, 4) is 11.8 Å². The molecule has 0 heterocycles. The van der Waals surface area contributed by atoms with Gasteiger partial charge in [0.2, 0.25) is 0 Å². The van der Waals surface area contributed by atoms with E-state index >= 15 is 0 Å². The Kier molecular flexibility index (Phi) is 21.0. The molecular formula is C28H52Sn. The SMILES string of the molecule is CCCCCC#C/C=C\[C](=C/CCCCC)[Sn]([CH2]CCC)([CH2]CCC)[CH2]CCC. The van der Waals surface area contributed by atoms with Crippen molar-refractivity contribution in [3.05, 3.63) is 21.8 Å². The fraction of sp³-hybridized carbons (Fsp3) is 0.786. The average molecular weight is 507 g/mol. The van der Waals surface area contributed by atoms with Crippen LogP contribution in [0.15, 0.2) is 21.8 Å². The van der Waals surface area contributed by atoms with Gasteiger partial charge in [0.15, 0.2) is 0 Å². The second-order valence-electron chi connectivity index (χ2n) is 8.86. The molecule has 0 atom stereocenters. The third-order valence-corrected chi connectivity index (χ3v) is 21.9. The molecule has 1 heteroatoms. The van der Waals surface area contributed by atoms with Gasteiger partial charge in [-0.25, -0.2) is 0 Å². The zero-order chi connectivity index (χ0) is 21.6. The molecule has 0 radical (unpaired) electrons. The molecule has 0 aromatic rings. The quantitative estimate of drug-likeness (QED) is 0.0750. The van der Waals surface area contributed by atoms with Gasteiger partial charge in [0.05, 0.1) is 0 Å². The first-order chi connectivity index (χ1) is 14.2. The molecule has 0 aromatic carbocycles. The molecule has 0 rings (SSSR count). The Morgan fingerprint density at radius 1 is 0.655 bits per heavy atom. The maximum atomic E-state index is 3.39. The monoisotopic (exact) mass is 508 g/mol. The maximum absolute atomic E-state index is 3.39. The zero-order valence-corrected chi connectivity index (χ0v) is 23.6. The van der Waals surface area contributed by atoms with Crippen molar-refractivity contribution in [2.24, 2.45) is 0 Å². The molecule has 0 N–H and O–H groups in total. The molecule has 168 valence electrons. The molecule has 0 aliphatic carbocycles. The van der Waals surface area contributed by atoms with E-state index in [2.05, 4.69) is 64.7 Å². The van der Waals surface area contributed by atoms with Crippen molar-refractivity contribution < 1.29 is 0 Å². The van der Waals surface area contributed by atoms with E-state index in [9.17, 15) is 0 Å². The van der Waals surface area contributed by atoms with Crippen LogP contribution in [0.5, 0.6) is 0 Å². The van der Waals surface area contributed by atoms with E-state index in [1.807, 2.05) is 3.59 Å². The topological polar surface area (TPSA) is 0 Å². The fourth-order valence-corrected chi connectivity index (χ4v) is 20.5. The van der Waals surface area contributed by atoms with Crippen LogP contribution >= 0.6 is 0 Å². The van der Waals surface area contributed by atoms with Crippen molar-refractivity contribution in [3.63, 3.8) is 0 Å². The number of hydrogen-bond acceptors (Lipinski definition) is 0. The summed E-state index contributed by atoms with van der Waals surface area (Å²) in [6, 6.07) is 0. The number of unbranched alkanes of at least 4 members (excludes halogenated alkanes) is 9. The van der Waals surface area contributed by atoms with Gasteiger partial charge in [-0.3, -0.25) is 0 Å². The molecule has 0 aromatic heterocycles. The van der Waals surface area contributed by atoms with E-state index < -0.39 is 18.4 Å². The normalized spacial score (nSPS) is 12.4. The second kappa shape index (κ2) is 21.1. The molecule has 0 aliphatic rings. The van der Waals surface area contributed by atoms with Crippen LogP contribution in [-0.2, 0) is 0 Å². The van der Waals surface area contributed by atoms with Crippen molar-refractivity contribution in [2.75, 3.05) is 0 Å². The van der Waals surface area contributed by atoms with Gasteiger partial charge < -0.3 is 0 Å². The van der Waals surface area contributed by atoms with Gasteiger partial charge in [0.25, 0.3) is 0 Å². The summed E-state index contributed by atoms with van der Waals surface area (Å²) in [5, 5.41) is 0. The Bertz CT molecular complexity index is 453. The minimum atomic E-state index is -2.34. The fourth-order valence-electron chi connectivity index (χ4n) is 4.19. The summed E-state index contributed by atoms with van der Waals surface area (Å²) in [5.41, 5.74) is 0. The average Bonchev–Trinajstić information content (AvgIpc) is 2.74. The predicted molar refractivity (Wildman–Crippen MR) is 138 cm³/mol. The van der Waals surface area contributed by atoms with Crippen LogP contribution in [0, 0.1) is 11.8 Å². The van der Waals surface area contributed by atoms with E-state index in [0.717, 1.165) is 6.42 Å². The van der Waals surface area contributed by atoms with Gasteiger partial charge >= 0.3 is 190 Å². The third kappa shape index (κ3) is 14.5. The Labute approximate surface area is 189 Å². The molecule has 0 bridgehead atoms. The molecule has 0 spiro atoms. The molecular weight excluding hydrogens is 455 g/mol. The van der Waals surface area contributed by atoms with E-state index in [4.69, 9.17) is 0 Å². The molecule has 0 aliphatic heterocycles. The van der Waals surface area contributed by atoms with E-state index in [-0.39, 0.29) is 0 Å². The first kappa shape index (κ1) is 28.8. The van der Waals surface area contributed by atoms with Crippen LogP contribution in [-0.4, -0.2) is 18.4 Å². The van der Waals surface area contributed by atoms with Gasteiger partial charge in [0.1, 0.15) is 0 Å². The Balaban J connectivity index is 5.57. The van der Waals surface area contributed by atoms with Gasteiger partial charge in [-0.05, 0) is 0 Å². The van der Waals surface area contributed by atoms with Crippen molar-refractivity contribution >= 4 is 18.4 Å². The number of rotatable bonds is 18. The summed E-state index contributed by atoms with van der Waals surface area (Å²) >= 11 is -2.34. The Morgan fingerprint density at radius 2 is 1.17 bits per heavy atom. The molecule has 0 fully saturated rings. The molecule has 0 nitrogen and oxygen atoms in total. The number of hydrogen-bond donors (Lipinski definition) is 0. The molecule has 0 unspecified atom stereocenters. The van der Waals surface area contributed by atoms with Crippen LogP contribution in [0.25, 0.3) is 0 Å². The van der Waals surface area contributed by atoms with Gasteiger partial charge in [-0.2, -0.15) is 0 Å². The van der Waals surface area contributed by atoms with Gasteiger partial charge in [0, 0.05) is 0 Å². The molecule has 29 heavy (non-hydrogen) atoms. The van der Waals surface area contributed by atoms with Crippen LogP contribution < -0.4 is 0 Å². The van der Waals surface area contributed by atoms with E-state index in [1.54, 1.807) is 13.3 Å². The zero-order valence-electron chi connectivity index (χ0n) is 20.8. The van der Waals surface area contributed by atoms with Crippen molar-refractivity contribution in [1.82, 2.24) is 0 Å². The minimum absolute atomic E-state index is 1.06. The number of allylic oxidation sites excluding steroid dienone is 4. The summed E-state index contributed by atoms with van der Waals surface area (Å²) in [7, 11) is 0. The summed E-state index contributed by atoms with van der Waals surface area (Å²) in [4.78, 5) is 0. The predicted octanol–water partition coefficient (Wildman–Crippen LogP) is 10.0. The van der Waals surface area contributed by atoms with E-state index in [0.29, 0.717) is 0 Å². The summed E-state index contributed by atoms with van der Waals surface area (Å²) < 4.78 is 6.48. The summed E-state index contributed by atoms with van der Waals surface area (Å²) in [6.45, 7) is 11.7. The van der Waals surface area contributed by atoms with Crippen LogP contribution in [0.2, 0.25) is 13.3 Å². The van der Waals surface area contributed by atoms with Gasteiger partial charge in [-0.1, -0.05) is 0 Å². The first-order valence-electron chi connectivity index (χ1n) is 13.1. The Morgan fingerprint density at radius 3 is 1.69 bits per heavy atom. The third-order valence-electron chi connectivity index (χ3n) is 6.16. The van der Waals surface area contributed by atoms with Crippen molar-refractivity contribution in [1.29, 1.82) is 0 Å². The van der Waals surface area contributed by atoms with Gasteiger partial charge in [-0.15, -0.1) is 0 Å². The van der Waals surface area contributed by atoms with Crippen LogP contribution in [0.3, 0.4) is 0 Å². The summed E-state index contributed by atoms with van der Waals surface area (Å²) in [6.07, 6.45) is 26.0. The Hall–Kier alpha value is -0.161. The van der Waals surface area contributed by atoms with Crippen molar-refractivity contribution in [2.45, 2.75) is 138 Å². The molecule has 0 saturated heterocycles. The molecule has 0 saturated carbocycles. The second-order valence-corrected chi connectivity index (χ2v) is 22.1. The standard InChI is InChI=1S/C16H25.3C4H9.Sn/c1-3-5-7-9-11-13-15-16-14-12-10-8-6-4-2;3*1-3-4-2;/h11,15-16H,3-10H2,1-2H3;3*1,3-4H2,2H3;/b13-11?,16-15-;;;;. The van der Waals surface area contributed by atoms with Crippen LogP contribution in [0.1, 0.15) is 125 Å². The molecule has 0 amide bonds.